The van der Waals surface area contributed by atoms with Crippen LogP contribution in [-0.4, -0.2) is 25.0 Å². The molecule has 0 saturated carbocycles. The van der Waals surface area contributed by atoms with Crippen LogP contribution in [0.4, 0.5) is 11.4 Å². The number of hydrazine groups is 1. The normalized spacial score (nSPS) is 15.1. The van der Waals surface area contributed by atoms with Crippen molar-refractivity contribution in [1.29, 1.82) is 0 Å². The van der Waals surface area contributed by atoms with Crippen molar-refractivity contribution in [2.75, 3.05) is 23.5 Å². The van der Waals surface area contributed by atoms with Crippen LogP contribution in [0.5, 0.6) is 11.5 Å². The molecule has 1 atom stereocenters. The van der Waals surface area contributed by atoms with Crippen molar-refractivity contribution in [2.45, 2.75) is 26.9 Å². The number of ether oxygens (including phenoxy) is 2. The van der Waals surface area contributed by atoms with Gasteiger partial charge in [0.2, 0.25) is 11.8 Å². The van der Waals surface area contributed by atoms with Gasteiger partial charge in [-0.15, -0.1) is 0 Å². The van der Waals surface area contributed by atoms with Crippen LogP contribution in [0, 0.1) is 12.8 Å². The minimum atomic E-state index is -0.440. The third-order valence-electron chi connectivity index (χ3n) is 5.72. The van der Waals surface area contributed by atoms with Gasteiger partial charge in [-0.3, -0.25) is 20.4 Å². The molecule has 0 unspecified atom stereocenters. The van der Waals surface area contributed by atoms with Gasteiger partial charge in [-0.25, -0.2) is 0 Å². The molecule has 7 nitrogen and oxygen atoms in total. The number of hydrogen-bond donors (Lipinski definition) is 2. The van der Waals surface area contributed by atoms with Gasteiger partial charge in [-0.1, -0.05) is 41.4 Å². The summed E-state index contributed by atoms with van der Waals surface area (Å²) in [5.74, 6) is 0.407. The largest absolute Gasteiger partial charge is 0.490 e. The molecule has 1 heterocycles. The summed E-state index contributed by atoms with van der Waals surface area (Å²) in [6.07, 6.45) is 0.170. The zero-order valence-electron chi connectivity index (χ0n) is 19.7. The van der Waals surface area contributed by atoms with E-state index in [-0.39, 0.29) is 18.2 Å². The van der Waals surface area contributed by atoms with E-state index in [2.05, 4.69) is 10.9 Å². The lowest BCUT2D eigenvalue weighted by atomic mass is 10.1. The molecule has 2 N–H and O–H groups in total. The van der Waals surface area contributed by atoms with Crippen LogP contribution in [0.15, 0.2) is 66.7 Å². The van der Waals surface area contributed by atoms with Gasteiger partial charge in [-0.05, 0) is 55.8 Å². The number of carbonyl (C=O) groups is 2. The van der Waals surface area contributed by atoms with Crippen molar-refractivity contribution in [3.05, 3.63) is 82.9 Å². The summed E-state index contributed by atoms with van der Waals surface area (Å²) in [6.45, 7) is 5.06. The molecule has 0 radical (unpaired) electrons. The van der Waals surface area contributed by atoms with E-state index >= 15 is 0 Å². The quantitative estimate of drug-likeness (QED) is 0.404. The Kier molecular flexibility index (Phi) is 7.77. The maximum Gasteiger partial charge on any atom is 0.243 e. The second-order valence-corrected chi connectivity index (χ2v) is 8.80. The molecule has 4 rings (SSSR count). The average molecular weight is 494 g/mol. The number of benzene rings is 3. The van der Waals surface area contributed by atoms with Crippen LogP contribution >= 0.6 is 11.6 Å². The van der Waals surface area contributed by atoms with Gasteiger partial charge in [0.15, 0.2) is 11.5 Å². The van der Waals surface area contributed by atoms with Gasteiger partial charge in [-0.2, -0.15) is 0 Å². The highest BCUT2D eigenvalue weighted by Gasteiger charge is 2.35. The smallest absolute Gasteiger partial charge is 0.243 e. The highest BCUT2D eigenvalue weighted by atomic mass is 35.5. The molecular weight excluding hydrogens is 466 g/mol. The number of anilines is 2. The fourth-order valence-electron chi connectivity index (χ4n) is 3.81. The molecular formula is C27H28ClN3O4. The standard InChI is InChI=1S/C27H28ClN3O4/c1-3-34-25-15-22(10-13-24(25)35-17-19-6-8-21(28)9-7-19)29-30-27(33)20-14-26(32)31(16-20)23-11-4-18(2)5-12-23/h4-13,15,20,29H,3,14,16-17H2,1-2H3,(H,30,33)/t20-/m1/s1. The van der Waals surface area contributed by atoms with Crippen molar-refractivity contribution in [1.82, 2.24) is 5.43 Å². The lowest BCUT2D eigenvalue weighted by Gasteiger charge is -2.18. The predicted octanol–water partition coefficient (Wildman–Crippen LogP) is 5.12. The van der Waals surface area contributed by atoms with E-state index in [0.29, 0.717) is 42.0 Å². The predicted molar refractivity (Wildman–Crippen MR) is 137 cm³/mol. The van der Waals surface area contributed by atoms with E-state index in [1.54, 1.807) is 23.1 Å². The van der Waals surface area contributed by atoms with E-state index in [1.807, 2.05) is 62.4 Å². The molecule has 1 fully saturated rings. The van der Waals surface area contributed by atoms with Gasteiger partial charge in [0, 0.05) is 29.7 Å². The molecule has 3 aromatic rings. The molecule has 0 spiro atoms. The minimum absolute atomic E-state index is 0.0603. The molecule has 2 amide bonds. The second-order valence-electron chi connectivity index (χ2n) is 8.36. The fourth-order valence-corrected chi connectivity index (χ4v) is 3.93. The highest BCUT2D eigenvalue weighted by Crippen LogP contribution is 2.31. The fraction of sp³-hybridized carbons (Fsp3) is 0.259. The van der Waals surface area contributed by atoms with E-state index in [0.717, 1.165) is 16.8 Å². The van der Waals surface area contributed by atoms with Crippen LogP contribution in [0.1, 0.15) is 24.5 Å². The van der Waals surface area contributed by atoms with E-state index < -0.39 is 5.92 Å². The van der Waals surface area contributed by atoms with Crippen molar-refractivity contribution in [3.63, 3.8) is 0 Å². The van der Waals surface area contributed by atoms with Gasteiger partial charge >= 0.3 is 0 Å². The Morgan fingerprint density at radius 3 is 2.49 bits per heavy atom. The molecule has 0 aliphatic carbocycles. The Labute approximate surface area is 210 Å². The summed E-state index contributed by atoms with van der Waals surface area (Å²) in [5, 5.41) is 0.672. The number of rotatable bonds is 9. The molecule has 1 saturated heterocycles. The summed E-state index contributed by atoms with van der Waals surface area (Å²) in [5.41, 5.74) is 9.19. The summed E-state index contributed by atoms with van der Waals surface area (Å²) in [7, 11) is 0. The lowest BCUT2D eigenvalue weighted by molar-refractivity contribution is -0.125. The zero-order valence-corrected chi connectivity index (χ0v) is 20.5. The first-order valence-corrected chi connectivity index (χ1v) is 11.9. The highest BCUT2D eigenvalue weighted by molar-refractivity contribution is 6.30. The Hall–Kier alpha value is -3.71. The van der Waals surface area contributed by atoms with E-state index in [1.165, 1.54) is 0 Å². The number of amides is 2. The van der Waals surface area contributed by atoms with E-state index in [9.17, 15) is 9.59 Å². The van der Waals surface area contributed by atoms with Gasteiger partial charge in [0.05, 0.1) is 18.2 Å². The number of carbonyl (C=O) groups excluding carboxylic acids is 2. The first kappa shape index (κ1) is 24.4. The Morgan fingerprint density at radius 2 is 1.77 bits per heavy atom. The SMILES string of the molecule is CCOc1cc(NNC(=O)[C@@H]2CC(=O)N(c3ccc(C)cc3)C2)ccc1OCc1ccc(Cl)cc1. The summed E-state index contributed by atoms with van der Waals surface area (Å²) in [4.78, 5) is 26.9. The monoisotopic (exact) mass is 493 g/mol. The first-order valence-electron chi connectivity index (χ1n) is 11.5. The lowest BCUT2D eigenvalue weighted by Crippen LogP contribution is -2.36. The number of hydrogen-bond acceptors (Lipinski definition) is 5. The summed E-state index contributed by atoms with van der Waals surface area (Å²) >= 11 is 5.94. The second kappa shape index (κ2) is 11.1. The maximum atomic E-state index is 12.7. The Balaban J connectivity index is 1.35. The number of nitrogens with zero attached hydrogens (tertiary/aromatic N) is 1. The van der Waals surface area contributed by atoms with E-state index in [4.69, 9.17) is 21.1 Å². The third-order valence-corrected chi connectivity index (χ3v) is 5.97. The topological polar surface area (TPSA) is 79.9 Å². The molecule has 1 aliphatic heterocycles. The number of nitrogens with one attached hydrogen (secondary N) is 2. The van der Waals surface area contributed by atoms with Crippen LogP contribution < -0.4 is 25.2 Å². The van der Waals surface area contributed by atoms with Gasteiger partial charge < -0.3 is 14.4 Å². The average Bonchev–Trinajstić information content (AvgIpc) is 3.25. The molecule has 35 heavy (non-hydrogen) atoms. The van der Waals surface area contributed by atoms with Crippen LogP contribution in [-0.2, 0) is 16.2 Å². The summed E-state index contributed by atoms with van der Waals surface area (Å²) in [6, 6.07) is 20.5. The molecule has 182 valence electrons. The van der Waals surface area contributed by atoms with Crippen molar-refractivity contribution in [2.24, 2.45) is 5.92 Å². The molecule has 1 aliphatic rings. The van der Waals surface area contributed by atoms with Gasteiger partial charge in [0.1, 0.15) is 6.61 Å². The van der Waals surface area contributed by atoms with Crippen molar-refractivity contribution < 1.29 is 19.1 Å². The molecule has 8 heteroatoms. The van der Waals surface area contributed by atoms with Crippen LogP contribution in [0.2, 0.25) is 5.02 Å². The zero-order chi connectivity index (χ0) is 24.8. The van der Waals surface area contributed by atoms with Crippen molar-refractivity contribution >= 4 is 34.8 Å². The number of aryl methyl sites for hydroxylation is 1. The van der Waals surface area contributed by atoms with Crippen molar-refractivity contribution in [3.8, 4) is 11.5 Å². The molecule has 0 bridgehead atoms. The maximum absolute atomic E-state index is 12.7. The number of halogens is 1. The Bertz CT molecular complexity index is 1180. The Morgan fingerprint density at radius 1 is 1.03 bits per heavy atom. The van der Waals surface area contributed by atoms with Crippen LogP contribution in [0.3, 0.4) is 0 Å². The minimum Gasteiger partial charge on any atom is -0.490 e. The molecule has 0 aromatic heterocycles. The van der Waals surface area contributed by atoms with Crippen LogP contribution in [0.25, 0.3) is 0 Å². The van der Waals surface area contributed by atoms with Gasteiger partial charge in [0.25, 0.3) is 0 Å². The first-order chi connectivity index (χ1) is 16.9. The summed E-state index contributed by atoms with van der Waals surface area (Å²) < 4.78 is 11.7. The molecule has 3 aromatic carbocycles. The third kappa shape index (κ3) is 6.25.